The van der Waals surface area contributed by atoms with Crippen molar-refractivity contribution in [2.45, 2.75) is 66.7 Å². The second-order valence-electron chi connectivity index (χ2n) is 11.0. The van der Waals surface area contributed by atoms with Crippen molar-refractivity contribution in [3.8, 4) is 0 Å². The van der Waals surface area contributed by atoms with Gasteiger partial charge in [-0.3, -0.25) is 19.2 Å². The molecule has 0 unspecified atom stereocenters. The summed E-state index contributed by atoms with van der Waals surface area (Å²) >= 11 is 0. The normalized spacial score (nSPS) is 19.6. The number of aromatic amines is 2. The van der Waals surface area contributed by atoms with E-state index in [0.717, 1.165) is 56.2 Å². The van der Waals surface area contributed by atoms with Gasteiger partial charge in [0.1, 0.15) is 0 Å². The van der Waals surface area contributed by atoms with Gasteiger partial charge in [-0.1, -0.05) is 18.7 Å². The highest BCUT2D eigenvalue weighted by Crippen LogP contribution is 2.32. The van der Waals surface area contributed by atoms with Crippen LogP contribution in [-0.4, -0.2) is 43.9 Å². The number of rotatable bonds is 11. The first-order valence-corrected chi connectivity index (χ1v) is 14.3. The summed E-state index contributed by atoms with van der Waals surface area (Å²) in [4.78, 5) is 54.6. The van der Waals surface area contributed by atoms with Gasteiger partial charge in [0, 0.05) is 59.0 Å². The molecular weight excluding hydrogens is 548 g/mol. The molecule has 10 nitrogen and oxygen atoms in total. The summed E-state index contributed by atoms with van der Waals surface area (Å²) in [6, 6.07) is 0. The molecule has 1 fully saturated rings. The minimum atomic E-state index is -0.914. The molecule has 2 amide bonds. The van der Waals surface area contributed by atoms with Crippen LogP contribution < -0.4 is 10.6 Å². The maximum Gasteiger partial charge on any atom is 0.303 e. The zero-order chi connectivity index (χ0) is 31.6. The molecule has 43 heavy (non-hydrogen) atoms. The predicted molar refractivity (Wildman–Crippen MR) is 164 cm³/mol. The minimum Gasteiger partial charge on any atom is -0.481 e. The van der Waals surface area contributed by atoms with Gasteiger partial charge in [0.05, 0.1) is 5.92 Å². The fourth-order valence-electron chi connectivity index (χ4n) is 5.84. The van der Waals surface area contributed by atoms with Crippen LogP contribution in [0.3, 0.4) is 0 Å². The van der Waals surface area contributed by atoms with Crippen molar-refractivity contribution in [3.05, 3.63) is 91.9 Å². The zero-order valence-electron chi connectivity index (χ0n) is 25.2. The highest BCUT2D eigenvalue weighted by molar-refractivity contribution is 6.03. The third-order valence-corrected chi connectivity index (χ3v) is 8.37. The van der Waals surface area contributed by atoms with Gasteiger partial charge in [0.2, 0.25) is 5.91 Å². The van der Waals surface area contributed by atoms with Gasteiger partial charge in [-0.15, -0.1) is 0 Å². The lowest BCUT2D eigenvalue weighted by atomic mass is 9.98. The summed E-state index contributed by atoms with van der Waals surface area (Å²) in [5, 5.41) is 24.7. The molecule has 0 aromatic carbocycles. The highest BCUT2D eigenvalue weighted by atomic mass is 16.4. The number of carbonyl (C=O) groups excluding carboxylic acids is 2. The molecule has 2 aromatic heterocycles. The summed E-state index contributed by atoms with van der Waals surface area (Å²) in [5.41, 5.74) is 10.1. The van der Waals surface area contributed by atoms with Crippen LogP contribution in [0.25, 0.3) is 12.2 Å². The Balaban J connectivity index is 1.80. The van der Waals surface area contributed by atoms with E-state index < -0.39 is 11.9 Å². The van der Waals surface area contributed by atoms with E-state index in [1.54, 1.807) is 0 Å². The van der Waals surface area contributed by atoms with E-state index in [1.165, 1.54) is 6.08 Å². The quantitative estimate of drug-likeness (QED) is 0.225. The van der Waals surface area contributed by atoms with E-state index in [1.807, 2.05) is 52.8 Å². The van der Waals surface area contributed by atoms with Crippen molar-refractivity contribution in [1.29, 1.82) is 0 Å². The van der Waals surface area contributed by atoms with Crippen molar-refractivity contribution < 1.29 is 29.4 Å². The smallest absolute Gasteiger partial charge is 0.303 e. The van der Waals surface area contributed by atoms with Gasteiger partial charge < -0.3 is 30.8 Å². The molecule has 10 heteroatoms. The Kier molecular flexibility index (Phi) is 9.08. The van der Waals surface area contributed by atoms with Gasteiger partial charge >= 0.3 is 11.9 Å². The summed E-state index contributed by atoms with van der Waals surface area (Å²) in [5.74, 6) is -2.40. The monoisotopic (exact) mass is 586 g/mol. The molecule has 2 aliphatic rings. The number of aromatic nitrogens is 2. The summed E-state index contributed by atoms with van der Waals surface area (Å²) in [6.45, 7) is 13.1. The first kappa shape index (κ1) is 31.1. The Bertz CT molecular complexity index is 1590. The van der Waals surface area contributed by atoms with Gasteiger partial charge in [0.15, 0.2) is 0 Å². The minimum absolute atomic E-state index is 0.0560. The number of carboxylic acids is 2. The van der Waals surface area contributed by atoms with Crippen LogP contribution in [0, 0.1) is 19.8 Å². The SMILES string of the molecule is C=CC1=C(C)/C(=C/c2[nH]c(Cc3[nH]c(/C=C4\NC(=O)[C@@H](C)\C4=C/C)c(C)c3CCC(=O)O)c(CCC(=O)O)c2C)NC1=O. The average Bonchev–Trinajstić information content (AvgIpc) is 3.59. The van der Waals surface area contributed by atoms with Crippen LogP contribution in [-0.2, 0) is 38.4 Å². The molecule has 226 valence electrons. The van der Waals surface area contributed by atoms with Gasteiger partial charge in [0.25, 0.3) is 5.91 Å². The second-order valence-corrected chi connectivity index (χ2v) is 11.0. The fraction of sp³-hybridized carbons (Fsp3) is 0.333. The number of allylic oxidation sites excluding steroid dienone is 3. The van der Waals surface area contributed by atoms with E-state index >= 15 is 0 Å². The van der Waals surface area contributed by atoms with Crippen LogP contribution in [0.4, 0.5) is 0 Å². The lowest BCUT2D eigenvalue weighted by molar-refractivity contribution is -0.138. The number of carboxylic acid groups (broad SMARTS) is 2. The van der Waals surface area contributed by atoms with Crippen molar-refractivity contribution in [2.75, 3.05) is 0 Å². The molecule has 1 atom stereocenters. The van der Waals surface area contributed by atoms with Gasteiger partial charge in [-0.25, -0.2) is 0 Å². The molecule has 1 saturated heterocycles. The predicted octanol–water partition coefficient (Wildman–Crippen LogP) is 4.61. The number of carbonyl (C=O) groups is 4. The molecule has 4 heterocycles. The Morgan fingerprint density at radius 1 is 0.860 bits per heavy atom. The number of nitrogens with one attached hydrogen (secondary N) is 4. The van der Waals surface area contributed by atoms with Crippen molar-refractivity contribution in [3.63, 3.8) is 0 Å². The van der Waals surface area contributed by atoms with Crippen LogP contribution in [0.15, 0.2) is 46.8 Å². The van der Waals surface area contributed by atoms with Crippen molar-refractivity contribution in [1.82, 2.24) is 20.6 Å². The van der Waals surface area contributed by atoms with E-state index in [2.05, 4.69) is 27.2 Å². The third kappa shape index (κ3) is 6.33. The Hall–Kier alpha value is -4.86. The Morgan fingerprint density at radius 3 is 1.81 bits per heavy atom. The van der Waals surface area contributed by atoms with E-state index in [4.69, 9.17) is 0 Å². The number of aliphatic carboxylic acids is 2. The van der Waals surface area contributed by atoms with E-state index in [9.17, 15) is 29.4 Å². The summed E-state index contributed by atoms with van der Waals surface area (Å²) in [6.07, 6.45) is 8.01. The first-order valence-electron chi connectivity index (χ1n) is 14.3. The molecule has 0 radical (unpaired) electrons. The van der Waals surface area contributed by atoms with Gasteiger partial charge in [-0.05, 0) is 93.0 Å². The van der Waals surface area contributed by atoms with Crippen molar-refractivity contribution >= 4 is 35.9 Å². The first-order chi connectivity index (χ1) is 20.4. The van der Waals surface area contributed by atoms with E-state index in [-0.39, 0.29) is 30.6 Å². The number of amides is 2. The highest BCUT2D eigenvalue weighted by Gasteiger charge is 2.29. The maximum absolute atomic E-state index is 12.3. The summed E-state index contributed by atoms with van der Waals surface area (Å²) < 4.78 is 0. The topological polar surface area (TPSA) is 164 Å². The summed E-state index contributed by atoms with van der Waals surface area (Å²) in [7, 11) is 0. The maximum atomic E-state index is 12.3. The second kappa shape index (κ2) is 12.6. The molecule has 2 aromatic rings. The average molecular weight is 587 g/mol. The van der Waals surface area contributed by atoms with Crippen LogP contribution in [0.2, 0.25) is 0 Å². The molecule has 0 aliphatic carbocycles. The molecule has 2 aliphatic heterocycles. The lowest BCUT2D eigenvalue weighted by Crippen LogP contribution is -2.16. The number of H-pyrrole nitrogens is 2. The molecule has 0 bridgehead atoms. The number of hydrogen-bond acceptors (Lipinski definition) is 4. The molecule has 4 rings (SSSR count). The largest absolute Gasteiger partial charge is 0.481 e. The van der Waals surface area contributed by atoms with Crippen LogP contribution in [0.1, 0.15) is 78.6 Å². The Morgan fingerprint density at radius 2 is 1.37 bits per heavy atom. The third-order valence-electron chi connectivity index (χ3n) is 8.37. The molecule has 6 N–H and O–H groups in total. The molecular formula is C33H38N4O6. The van der Waals surface area contributed by atoms with E-state index in [0.29, 0.717) is 36.2 Å². The lowest BCUT2D eigenvalue weighted by Gasteiger charge is -2.07. The standard InChI is InChI=1S/C33H38N4O6/c1-7-20-19(6)32(42)37-27(20)14-25-18(5)23(10-12-31(40)41)29(35-25)15-28-22(9-11-30(38)39)17(4)24(34-28)13-26-16(3)21(8-2)33(43)36-26/h7-8,13-14,19,34-35H,2,9-12,15H2,1,3-6H3,(H,36,43)(H,37,42)(H,38,39)(H,40,41)/b20-7+,26-13-,27-14-/t19-/m0/s1. The van der Waals surface area contributed by atoms with Crippen molar-refractivity contribution in [2.24, 2.45) is 5.92 Å². The molecule has 0 saturated carbocycles. The van der Waals surface area contributed by atoms with Gasteiger partial charge in [-0.2, -0.15) is 0 Å². The molecule has 0 spiro atoms. The Labute approximate surface area is 250 Å². The fourth-order valence-corrected chi connectivity index (χ4v) is 5.84. The number of hydrogen-bond donors (Lipinski definition) is 6. The van der Waals surface area contributed by atoms with Crippen LogP contribution in [0.5, 0.6) is 0 Å². The van der Waals surface area contributed by atoms with Crippen LogP contribution >= 0.6 is 0 Å². The zero-order valence-corrected chi connectivity index (χ0v) is 25.2.